The maximum atomic E-state index is 5.86. The quantitative estimate of drug-likeness (QED) is 0.705. The van der Waals surface area contributed by atoms with Crippen molar-refractivity contribution in [1.29, 1.82) is 0 Å². The van der Waals surface area contributed by atoms with Gasteiger partial charge >= 0.3 is 0 Å². The molecule has 1 aromatic rings. The molecule has 1 fully saturated rings. The van der Waals surface area contributed by atoms with Gasteiger partial charge in [-0.3, -0.25) is 0 Å². The van der Waals surface area contributed by atoms with Gasteiger partial charge in [-0.1, -0.05) is 0 Å². The van der Waals surface area contributed by atoms with E-state index < -0.39 is 0 Å². The molecule has 0 amide bonds. The molecule has 1 heterocycles. The predicted molar refractivity (Wildman–Crippen MR) is 44.5 cm³/mol. The Hall–Kier alpha value is -0.120. The molecule has 4 heteroatoms. The second-order valence-corrected chi connectivity index (χ2v) is 3.39. The molecule has 1 aliphatic rings. The van der Waals surface area contributed by atoms with E-state index >= 15 is 0 Å². The molecule has 2 rings (SSSR count). The van der Waals surface area contributed by atoms with E-state index in [1.54, 1.807) is 11.3 Å². The van der Waals surface area contributed by atoms with Gasteiger partial charge in [-0.15, -0.1) is 23.7 Å². The third-order valence-corrected chi connectivity index (χ3v) is 2.64. The summed E-state index contributed by atoms with van der Waals surface area (Å²) >= 11 is 1.66. The van der Waals surface area contributed by atoms with Crippen LogP contribution in [0.3, 0.4) is 0 Å². The molecule has 0 unspecified atom stereocenters. The highest BCUT2D eigenvalue weighted by molar-refractivity contribution is 7.09. The van der Waals surface area contributed by atoms with E-state index in [1.165, 1.54) is 0 Å². The summed E-state index contributed by atoms with van der Waals surface area (Å²) in [4.78, 5) is 4.14. The molecule has 0 spiro atoms. The largest absolute Gasteiger partial charge is 0.319 e. The van der Waals surface area contributed by atoms with Crippen LogP contribution in [0.1, 0.15) is 17.8 Å². The minimum atomic E-state index is -0.0197. The molecule has 0 bridgehead atoms. The van der Waals surface area contributed by atoms with Crippen LogP contribution in [0, 0.1) is 0 Å². The Balaban J connectivity index is 0.000000500. The Labute approximate surface area is 69.9 Å². The number of nitrogens with two attached hydrogens (primary N) is 1. The van der Waals surface area contributed by atoms with Gasteiger partial charge in [0.05, 0.1) is 5.54 Å². The monoisotopic (exact) mass is 176 g/mol. The fraction of sp³-hybridized carbons (Fsp3) is 0.500. The fourth-order valence-electron chi connectivity index (χ4n) is 0.818. The molecule has 1 aliphatic carbocycles. The van der Waals surface area contributed by atoms with Gasteiger partial charge in [-0.2, -0.15) is 0 Å². The predicted octanol–water partition coefficient (Wildman–Crippen LogP) is 1.51. The van der Waals surface area contributed by atoms with Crippen LogP contribution >= 0.6 is 23.7 Å². The van der Waals surface area contributed by atoms with Gasteiger partial charge in [0, 0.05) is 11.6 Å². The van der Waals surface area contributed by atoms with Crippen molar-refractivity contribution in [2.75, 3.05) is 0 Å². The van der Waals surface area contributed by atoms with Crippen LogP contribution in [0.2, 0.25) is 0 Å². The minimum Gasteiger partial charge on any atom is -0.319 e. The van der Waals surface area contributed by atoms with E-state index in [2.05, 4.69) is 4.98 Å². The molecule has 0 aliphatic heterocycles. The summed E-state index contributed by atoms with van der Waals surface area (Å²) in [5.41, 5.74) is 5.84. The highest BCUT2D eigenvalue weighted by Gasteiger charge is 2.42. The van der Waals surface area contributed by atoms with Crippen molar-refractivity contribution in [2.45, 2.75) is 18.4 Å². The second kappa shape index (κ2) is 2.49. The lowest BCUT2D eigenvalue weighted by atomic mass is 10.3. The van der Waals surface area contributed by atoms with Crippen LogP contribution in [0.5, 0.6) is 0 Å². The summed E-state index contributed by atoms with van der Waals surface area (Å²) in [5.74, 6) is 0. The third kappa shape index (κ3) is 1.17. The SMILES string of the molecule is Cl.NC1(c2nccs2)CC1. The van der Waals surface area contributed by atoms with Gasteiger partial charge in [-0.25, -0.2) is 4.98 Å². The summed E-state index contributed by atoms with van der Waals surface area (Å²) in [5, 5.41) is 3.07. The minimum absolute atomic E-state index is 0. The first kappa shape index (κ1) is 7.98. The van der Waals surface area contributed by atoms with Gasteiger partial charge in [0.2, 0.25) is 0 Å². The van der Waals surface area contributed by atoms with E-state index in [0.717, 1.165) is 17.8 Å². The van der Waals surface area contributed by atoms with Crippen LogP contribution in [0.15, 0.2) is 11.6 Å². The zero-order chi connectivity index (χ0) is 6.32. The summed E-state index contributed by atoms with van der Waals surface area (Å²) in [7, 11) is 0. The Morgan fingerprint density at radius 2 is 2.30 bits per heavy atom. The Bertz CT molecular complexity index is 206. The molecular weight excluding hydrogens is 168 g/mol. The maximum absolute atomic E-state index is 5.86. The van der Waals surface area contributed by atoms with Crippen LogP contribution in [0.4, 0.5) is 0 Å². The van der Waals surface area contributed by atoms with E-state index in [1.807, 2.05) is 11.6 Å². The molecular formula is C6H9ClN2S. The highest BCUT2D eigenvalue weighted by atomic mass is 35.5. The average molecular weight is 177 g/mol. The summed E-state index contributed by atoms with van der Waals surface area (Å²) in [6.45, 7) is 0. The van der Waals surface area contributed by atoms with E-state index in [0.29, 0.717) is 0 Å². The topological polar surface area (TPSA) is 38.9 Å². The highest BCUT2D eigenvalue weighted by Crippen LogP contribution is 2.43. The van der Waals surface area contributed by atoms with Crippen molar-refractivity contribution < 1.29 is 0 Å². The van der Waals surface area contributed by atoms with Gasteiger partial charge in [0.15, 0.2) is 0 Å². The molecule has 2 nitrogen and oxygen atoms in total. The van der Waals surface area contributed by atoms with Gasteiger partial charge in [0.1, 0.15) is 5.01 Å². The lowest BCUT2D eigenvalue weighted by Crippen LogP contribution is -2.17. The molecule has 10 heavy (non-hydrogen) atoms. The molecule has 0 saturated heterocycles. The van der Waals surface area contributed by atoms with E-state index in [4.69, 9.17) is 5.73 Å². The average Bonchev–Trinajstić information content (AvgIpc) is 2.46. The zero-order valence-electron chi connectivity index (χ0n) is 5.41. The summed E-state index contributed by atoms with van der Waals surface area (Å²) < 4.78 is 0. The van der Waals surface area contributed by atoms with Crippen LogP contribution < -0.4 is 5.73 Å². The Morgan fingerprint density at radius 3 is 2.70 bits per heavy atom. The normalized spacial score (nSPS) is 19.7. The summed E-state index contributed by atoms with van der Waals surface area (Å²) in [6, 6.07) is 0. The zero-order valence-corrected chi connectivity index (χ0v) is 7.04. The van der Waals surface area contributed by atoms with Crippen molar-refractivity contribution in [2.24, 2.45) is 5.73 Å². The lowest BCUT2D eigenvalue weighted by Gasteiger charge is -1.99. The van der Waals surface area contributed by atoms with Crippen LogP contribution in [-0.2, 0) is 5.54 Å². The standard InChI is InChI=1S/C6H8N2S.ClH/c7-6(1-2-6)5-8-3-4-9-5;/h3-4H,1-2,7H2;1H. The Kier molecular flexibility index (Phi) is 1.99. The third-order valence-electron chi connectivity index (χ3n) is 1.65. The molecule has 0 radical (unpaired) electrons. The number of rotatable bonds is 1. The number of hydrogen-bond acceptors (Lipinski definition) is 3. The van der Waals surface area contributed by atoms with E-state index in [-0.39, 0.29) is 17.9 Å². The van der Waals surface area contributed by atoms with Crippen molar-refractivity contribution in [1.82, 2.24) is 4.98 Å². The van der Waals surface area contributed by atoms with Crippen molar-refractivity contribution in [3.05, 3.63) is 16.6 Å². The van der Waals surface area contributed by atoms with Gasteiger partial charge in [-0.05, 0) is 12.8 Å². The van der Waals surface area contributed by atoms with Gasteiger partial charge in [0.25, 0.3) is 0 Å². The van der Waals surface area contributed by atoms with Crippen LogP contribution in [-0.4, -0.2) is 4.98 Å². The summed E-state index contributed by atoms with van der Waals surface area (Å²) in [6.07, 6.45) is 4.04. The first-order chi connectivity index (χ1) is 4.31. The molecule has 2 N–H and O–H groups in total. The van der Waals surface area contributed by atoms with Crippen LogP contribution in [0.25, 0.3) is 0 Å². The molecule has 0 aromatic carbocycles. The Morgan fingerprint density at radius 1 is 1.60 bits per heavy atom. The number of aromatic nitrogens is 1. The molecule has 56 valence electrons. The smallest absolute Gasteiger partial charge is 0.112 e. The van der Waals surface area contributed by atoms with Crippen molar-refractivity contribution >= 4 is 23.7 Å². The number of nitrogens with zero attached hydrogens (tertiary/aromatic N) is 1. The second-order valence-electron chi connectivity index (χ2n) is 2.49. The first-order valence-corrected chi connectivity index (χ1v) is 3.88. The number of thiazole rings is 1. The maximum Gasteiger partial charge on any atom is 0.112 e. The molecule has 1 aromatic heterocycles. The first-order valence-electron chi connectivity index (χ1n) is 3.00. The number of halogens is 1. The van der Waals surface area contributed by atoms with Gasteiger partial charge < -0.3 is 5.73 Å². The number of hydrogen-bond donors (Lipinski definition) is 1. The molecule has 0 atom stereocenters. The fourth-order valence-corrected chi connectivity index (χ4v) is 1.63. The van der Waals surface area contributed by atoms with Crippen molar-refractivity contribution in [3.8, 4) is 0 Å². The van der Waals surface area contributed by atoms with Crippen molar-refractivity contribution in [3.63, 3.8) is 0 Å². The lowest BCUT2D eigenvalue weighted by molar-refractivity contribution is 0.731. The molecule has 1 saturated carbocycles. The van der Waals surface area contributed by atoms with E-state index in [9.17, 15) is 0 Å².